The maximum absolute atomic E-state index is 13.2. The van der Waals surface area contributed by atoms with Crippen molar-refractivity contribution < 1.29 is 14.3 Å². The van der Waals surface area contributed by atoms with Crippen LogP contribution in [0.1, 0.15) is 36.0 Å². The maximum atomic E-state index is 13.2. The molecule has 2 amide bonds. The first-order chi connectivity index (χ1) is 14.2. The molecule has 2 aromatic carbocycles. The minimum Gasteiger partial charge on any atom is -0.496 e. The van der Waals surface area contributed by atoms with Crippen molar-refractivity contribution in [2.75, 3.05) is 33.3 Å². The lowest BCUT2D eigenvalue weighted by Gasteiger charge is -2.33. The van der Waals surface area contributed by atoms with Crippen LogP contribution in [0.4, 0.5) is 0 Å². The standard InChI is InChI=1S/C23H29N3O3/c1-29-21-9-8-20(18-6-2-3-7-19(18)21)23(28)26-13-10-16(11-14-26)22(27)25-17-5-4-12-24-15-17/h2-3,6-9,16-17,24H,4-5,10-15H2,1H3,(H,25,27)/t17-/m0/s1. The molecule has 0 unspecified atom stereocenters. The molecule has 2 aliphatic rings. The summed E-state index contributed by atoms with van der Waals surface area (Å²) in [6, 6.07) is 11.8. The van der Waals surface area contributed by atoms with Crippen LogP contribution in [-0.4, -0.2) is 56.0 Å². The molecular weight excluding hydrogens is 366 g/mol. The average molecular weight is 396 g/mol. The summed E-state index contributed by atoms with van der Waals surface area (Å²) in [7, 11) is 1.64. The summed E-state index contributed by atoms with van der Waals surface area (Å²) in [6.45, 7) is 3.11. The fraction of sp³-hybridized carbons (Fsp3) is 0.478. The quantitative estimate of drug-likeness (QED) is 0.835. The normalized spacial score (nSPS) is 20.4. The van der Waals surface area contributed by atoms with Crippen molar-refractivity contribution in [2.45, 2.75) is 31.7 Å². The lowest BCUT2D eigenvalue weighted by molar-refractivity contribution is -0.127. The van der Waals surface area contributed by atoms with Gasteiger partial charge in [-0.2, -0.15) is 0 Å². The largest absolute Gasteiger partial charge is 0.496 e. The number of fused-ring (bicyclic) bond motifs is 1. The second-order valence-electron chi connectivity index (χ2n) is 7.98. The van der Waals surface area contributed by atoms with Gasteiger partial charge < -0.3 is 20.3 Å². The lowest BCUT2D eigenvalue weighted by Crippen LogP contribution is -2.49. The molecule has 0 saturated carbocycles. The Bertz CT molecular complexity index is 884. The van der Waals surface area contributed by atoms with E-state index in [1.54, 1.807) is 7.11 Å². The topological polar surface area (TPSA) is 70.7 Å². The third kappa shape index (κ3) is 4.22. The molecule has 6 heteroatoms. The van der Waals surface area contributed by atoms with Gasteiger partial charge in [0.05, 0.1) is 7.11 Å². The second kappa shape index (κ2) is 8.82. The molecule has 0 aliphatic carbocycles. The van der Waals surface area contributed by atoms with Crippen molar-refractivity contribution in [3.05, 3.63) is 42.0 Å². The number of hydrogen-bond donors (Lipinski definition) is 2. The first kappa shape index (κ1) is 19.7. The van der Waals surface area contributed by atoms with Crippen LogP contribution < -0.4 is 15.4 Å². The number of piperidine rings is 2. The minimum atomic E-state index is -0.00594. The molecule has 0 radical (unpaired) electrons. The highest BCUT2D eigenvalue weighted by molar-refractivity contribution is 6.08. The van der Waals surface area contributed by atoms with Gasteiger partial charge in [-0.25, -0.2) is 0 Å². The molecule has 2 N–H and O–H groups in total. The molecular formula is C23H29N3O3. The van der Waals surface area contributed by atoms with E-state index in [0.717, 1.165) is 42.5 Å². The van der Waals surface area contributed by atoms with Crippen molar-refractivity contribution >= 4 is 22.6 Å². The maximum Gasteiger partial charge on any atom is 0.254 e. The molecule has 2 aromatic rings. The lowest BCUT2D eigenvalue weighted by atomic mass is 9.94. The molecule has 0 aromatic heterocycles. The first-order valence-electron chi connectivity index (χ1n) is 10.5. The predicted molar refractivity (Wildman–Crippen MR) is 113 cm³/mol. The molecule has 4 rings (SSSR count). The number of ether oxygens (including phenoxy) is 1. The van der Waals surface area contributed by atoms with E-state index >= 15 is 0 Å². The smallest absolute Gasteiger partial charge is 0.254 e. The van der Waals surface area contributed by atoms with Crippen molar-refractivity contribution in [2.24, 2.45) is 5.92 Å². The van der Waals surface area contributed by atoms with Crippen molar-refractivity contribution in [1.29, 1.82) is 0 Å². The summed E-state index contributed by atoms with van der Waals surface area (Å²) < 4.78 is 5.44. The molecule has 2 fully saturated rings. The highest BCUT2D eigenvalue weighted by Crippen LogP contribution is 2.30. The molecule has 6 nitrogen and oxygen atoms in total. The van der Waals surface area contributed by atoms with E-state index in [1.807, 2.05) is 41.3 Å². The van der Waals surface area contributed by atoms with Crippen molar-refractivity contribution in [3.8, 4) is 5.75 Å². The zero-order valence-corrected chi connectivity index (χ0v) is 16.9. The number of amides is 2. The van der Waals surface area contributed by atoms with Crippen LogP contribution in [0.2, 0.25) is 0 Å². The van der Waals surface area contributed by atoms with Gasteiger partial charge in [0.25, 0.3) is 5.91 Å². The van der Waals surface area contributed by atoms with Gasteiger partial charge in [0.2, 0.25) is 5.91 Å². The minimum absolute atomic E-state index is 0.00594. The fourth-order valence-corrected chi connectivity index (χ4v) is 4.45. The summed E-state index contributed by atoms with van der Waals surface area (Å²) >= 11 is 0. The molecule has 2 saturated heterocycles. The summed E-state index contributed by atoms with van der Waals surface area (Å²) in [6.07, 6.45) is 3.58. The van der Waals surface area contributed by atoms with Gasteiger partial charge >= 0.3 is 0 Å². The number of likely N-dealkylation sites (tertiary alicyclic amines) is 1. The van der Waals surface area contributed by atoms with Gasteiger partial charge in [-0.1, -0.05) is 24.3 Å². The Hall–Kier alpha value is -2.60. The number of methoxy groups -OCH3 is 1. The van der Waals surface area contributed by atoms with Gasteiger partial charge in [-0.3, -0.25) is 9.59 Å². The second-order valence-corrected chi connectivity index (χ2v) is 7.98. The summed E-state index contributed by atoms with van der Waals surface area (Å²) in [4.78, 5) is 27.7. The number of carbonyl (C=O) groups is 2. The van der Waals surface area contributed by atoms with E-state index in [9.17, 15) is 9.59 Å². The van der Waals surface area contributed by atoms with Gasteiger partial charge in [-0.15, -0.1) is 0 Å². The zero-order chi connectivity index (χ0) is 20.2. The third-order valence-electron chi connectivity index (χ3n) is 6.13. The Labute approximate surface area is 171 Å². The number of nitrogens with one attached hydrogen (secondary N) is 2. The van der Waals surface area contributed by atoms with Crippen LogP contribution >= 0.6 is 0 Å². The summed E-state index contributed by atoms with van der Waals surface area (Å²) in [5.41, 5.74) is 0.692. The van der Waals surface area contributed by atoms with E-state index in [0.29, 0.717) is 31.5 Å². The van der Waals surface area contributed by atoms with E-state index in [4.69, 9.17) is 4.74 Å². The van der Waals surface area contributed by atoms with Gasteiger partial charge in [-0.05, 0) is 49.7 Å². The Balaban J connectivity index is 1.40. The molecule has 2 aliphatic heterocycles. The molecule has 2 heterocycles. The Morgan fingerprint density at radius 3 is 2.52 bits per heavy atom. The summed E-state index contributed by atoms with van der Waals surface area (Å²) in [5, 5.41) is 8.36. The monoisotopic (exact) mass is 395 g/mol. The van der Waals surface area contributed by atoms with Crippen LogP contribution in [-0.2, 0) is 4.79 Å². The molecule has 154 valence electrons. The fourth-order valence-electron chi connectivity index (χ4n) is 4.45. The van der Waals surface area contributed by atoms with E-state index < -0.39 is 0 Å². The van der Waals surface area contributed by atoms with E-state index in [1.165, 1.54) is 0 Å². The van der Waals surface area contributed by atoms with Crippen LogP contribution in [0.25, 0.3) is 10.8 Å². The molecule has 0 bridgehead atoms. The molecule has 29 heavy (non-hydrogen) atoms. The number of nitrogens with zero attached hydrogens (tertiary/aromatic N) is 1. The number of rotatable bonds is 4. The Kier molecular flexibility index (Phi) is 6.00. The molecule has 1 atom stereocenters. The van der Waals surface area contributed by atoms with Crippen LogP contribution in [0.5, 0.6) is 5.75 Å². The van der Waals surface area contributed by atoms with Crippen LogP contribution in [0.3, 0.4) is 0 Å². The third-order valence-corrected chi connectivity index (χ3v) is 6.13. The first-order valence-corrected chi connectivity index (χ1v) is 10.5. The van der Waals surface area contributed by atoms with Crippen LogP contribution in [0.15, 0.2) is 36.4 Å². The number of benzene rings is 2. The Morgan fingerprint density at radius 1 is 1.07 bits per heavy atom. The highest BCUT2D eigenvalue weighted by atomic mass is 16.5. The van der Waals surface area contributed by atoms with Crippen molar-refractivity contribution in [1.82, 2.24) is 15.5 Å². The number of carbonyl (C=O) groups excluding carboxylic acids is 2. The van der Waals surface area contributed by atoms with Gasteiger partial charge in [0.1, 0.15) is 5.75 Å². The van der Waals surface area contributed by atoms with Crippen LogP contribution in [0, 0.1) is 5.92 Å². The molecule has 0 spiro atoms. The van der Waals surface area contributed by atoms with Gasteiger partial charge in [0.15, 0.2) is 0 Å². The predicted octanol–water partition coefficient (Wildman–Crippen LogP) is 2.57. The number of hydrogen-bond acceptors (Lipinski definition) is 4. The average Bonchev–Trinajstić information content (AvgIpc) is 2.78. The SMILES string of the molecule is COc1ccc(C(=O)N2CCC(C(=O)N[C@H]3CCCNC3)CC2)c2ccccc12. The van der Waals surface area contributed by atoms with Crippen molar-refractivity contribution in [3.63, 3.8) is 0 Å². The zero-order valence-electron chi connectivity index (χ0n) is 16.9. The summed E-state index contributed by atoms with van der Waals surface area (Å²) in [5.74, 6) is 0.929. The Morgan fingerprint density at radius 2 is 1.83 bits per heavy atom. The van der Waals surface area contributed by atoms with E-state index in [-0.39, 0.29) is 23.8 Å². The van der Waals surface area contributed by atoms with E-state index in [2.05, 4.69) is 10.6 Å². The highest BCUT2D eigenvalue weighted by Gasteiger charge is 2.29. The van der Waals surface area contributed by atoms with Gasteiger partial charge in [0, 0.05) is 42.5 Å².